The van der Waals surface area contributed by atoms with E-state index in [2.05, 4.69) is 11.7 Å². The molecule has 0 spiro atoms. The average molecular weight is 338 g/mol. The molecule has 5 heteroatoms. The summed E-state index contributed by atoms with van der Waals surface area (Å²) in [5, 5.41) is 4.14. The SMILES string of the molecule is C=CCN(CC1CC(c2ccccc2)=NO1)C(=O)c1cccc(F)c1. The summed E-state index contributed by atoms with van der Waals surface area (Å²) in [6, 6.07) is 15.5. The maximum atomic E-state index is 13.4. The molecule has 4 nitrogen and oxygen atoms in total. The highest BCUT2D eigenvalue weighted by atomic mass is 19.1. The summed E-state index contributed by atoms with van der Waals surface area (Å²) in [5.74, 6) is -0.688. The first-order valence-corrected chi connectivity index (χ1v) is 8.11. The number of hydrogen-bond acceptors (Lipinski definition) is 3. The van der Waals surface area contributed by atoms with Gasteiger partial charge in [0.1, 0.15) is 5.82 Å². The van der Waals surface area contributed by atoms with Crippen LogP contribution in [0.5, 0.6) is 0 Å². The van der Waals surface area contributed by atoms with E-state index in [4.69, 9.17) is 4.84 Å². The van der Waals surface area contributed by atoms with Gasteiger partial charge in [0.05, 0.1) is 12.3 Å². The Morgan fingerprint density at radius 1 is 1.28 bits per heavy atom. The van der Waals surface area contributed by atoms with Gasteiger partial charge in [-0.1, -0.05) is 47.6 Å². The van der Waals surface area contributed by atoms with Crippen LogP contribution < -0.4 is 0 Å². The molecular formula is C20H19FN2O2. The van der Waals surface area contributed by atoms with Crippen LogP contribution in [0.2, 0.25) is 0 Å². The number of benzene rings is 2. The van der Waals surface area contributed by atoms with E-state index >= 15 is 0 Å². The number of oxime groups is 1. The first-order valence-electron chi connectivity index (χ1n) is 8.11. The highest BCUT2D eigenvalue weighted by molar-refractivity contribution is 6.01. The lowest BCUT2D eigenvalue weighted by Gasteiger charge is -2.23. The van der Waals surface area contributed by atoms with Crippen molar-refractivity contribution in [2.45, 2.75) is 12.5 Å². The first kappa shape index (κ1) is 16.9. The summed E-state index contributed by atoms with van der Waals surface area (Å²) in [7, 11) is 0. The molecule has 128 valence electrons. The number of hydrogen-bond donors (Lipinski definition) is 0. The van der Waals surface area contributed by atoms with Crippen LogP contribution in [0.3, 0.4) is 0 Å². The van der Waals surface area contributed by atoms with Gasteiger partial charge in [0.2, 0.25) is 0 Å². The lowest BCUT2D eigenvalue weighted by Crippen LogP contribution is -2.37. The number of nitrogens with zero attached hydrogens (tertiary/aromatic N) is 2. The highest BCUT2D eigenvalue weighted by Crippen LogP contribution is 2.18. The van der Waals surface area contributed by atoms with Crippen molar-refractivity contribution < 1.29 is 14.0 Å². The number of carbonyl (C=O) groups is 1. The maximum absolute atomic E-state index is 13.4. The van der Waals surface area contributed by atoms with E-state index in [1.165, 1.54) is 18.2 Å². The predicted octanol–water partition coefficient (Wildman–Crippen LogP) is 3.65. The lowest BCUT2D eigenvalue weighted by molar-refractivity contribution is 0.0449. The number of rotatable bonds is 6. The molecule has 0 radical (unpaired) electrons. The Bertz CT molecular complexity index is 789. The molecule has 25 heavy (non-hydrogen) atoms. The summed E-state index contributed by atoms with van der Waals surface area (Å²) in [6.07, 6.45) is 2.03. The molecule has 1 heterocycles. The van der Waals surface area contributed by atoms with E-state index in [9.17, 15) is 9.18 Å². The van der Waals surface area contributed by atoms with Crippen molar-refractivity contribution in [3.63, 3.8) is 0 Å². The second-order valence-electron chi connectivity index (χ2n) is 5.84. The molecule has 1 unspecified atom stereocenters. The third-order valence-corrected chi connectivity index (χ3v) is 3.97. The van der Waals surface area contributed by atoms with Crippen LogP contribution in [-0.2, 0) is 4.84 Å². The predicted molar refractivity (Wildman–Crippen MR) is 95.0 cm³/mol. The zero-order valence-corrected chi connectivity index (χ0v) is 13.8. The van der Waals surface area contributed by atoms with Crippen molar-refractivity contribution in [3.05, 3.63) is 84.2 Å². The van der Waals surface area contributed by atoms with Crippen molar-refractivity contribution in [2.75, 3.05) is 13.1 Å². The van der Waals surface area contributed by atoms with Gasteiger partial charge in [0.15, 0.2) is 6.10 Å². The topological polar surface area (TPSA) is 41.9 Å². The fraction of sp³-hybridized carbons (Fsp3) is 0.200. The second kappa shape index (κ2) is 7.75. The van der Waals surface area contributed by atoms with E-state index in [0.717, 1.165) is 11.3 Å². The summed E-state index contributed by atoms with van der Waals surface area (Å²) in [4.78, 5) is 19.7. The molecule has 0 bridgehead atoms. The third-order valence-electron chi connectivity index (χ3n) is 3.97. The molecule has 0 aromatic heterocycles. The fourth-order valence-electron chi connectivity index (χ4n) is 2.77. The Balaban J connectivity index is 1.67. The zero-order valence-electron chi connectivity index (χ0n) is 13.8. The monoisotopic (exact) mass is 338 g/mol. The molecule has 0 saturated heterocycles. The van der Waals surface area contributed by atoms with Gasteiger partial charge in [0, 0.05) is 18.5 Å². The third kappa shape index (κ3) is 4.12. The molecule has 0 N–H and O–H groups in total. The standard InChI is InChI=1S/C20H19FN2O2/c1-2-11-23(20(24)16-9-6-10-17(21)12-16)14-18-13-19(22-25-18)15-7-4-3-5-8-15/h2-10,12,18H,1,11,13-14H2. The van der Waals surface area contributed by atoms with Crippen molar-refractivity contribution in [2.24, 2.45) is 5.16 Å². The quantitative estimate of drug-likeness (QED) is 0.755. The van der Waals surface area contributed by atoms with E-state index in [1.807, 2.05) is 30.3 Å². The molecule has 0 fully saturated rings. The summed E-state index contributed by atoms with van der Waals surface area (Å²) in [6.45, 7) is 4.41. The normalized spacial score (nSPS) is 16.0. The van der Waals surface area contributed by atoms with Crippen LogP contribution in [0.15, 0.2) is 72.4 Å². The molecule has 3 rings (SSSR count). The van der Waals surface area contributed by atoms with E-state index in [0.29, 0.717) is 25.1 Å². The van der Waals surface area contributed by atoms with Crippen molar-refractivity contribution in [1.29, 1.82) is 0 Å². The van der Waals surface area contributed by atoms with Gasteiger partial charge in [0.25, 0.3) is 5.91 Å². The molecule has 1 aliphatic heterocycles. The van der Waals surface area contributed by atoms with Crippen LogP contribution >= 0.6 is 0 Å². The molecule has 0 aliphatic carbocycles. The molecule has 2 aromatic rings. The van der Waals surface area contributed by atoms with Gasteiger partial charge in [-0.3, -0.25) is 4.79 Å². The van der Waals surface area contributed by atoms with E-state index in [1.54, 1.807) is 17.0 Å². The van der Waals surface area contributed by atoms with Crippen LogP contribution in [0.4, 0.5) is 4.39 Å². The fourth-order valence-corrected chi connectivity index (χ4v) is 2.77. The molecular weight excluding hydrogens is 319 g/mol. The van der Waals surface area contributed by atoms with Gasteiger partial charge in [-0.2, -0.15) is 0 Å². The highest BCUT2D eigenvalue weighted by Gasteiger charge is 2.26. The van der Waals surface area contributed by atoms with Gasteiger partial charge in [-0.25, -0.2) is 4.39 Å². The Morgan fingerprint density at radius 3 is 2.80 bits per heavy atom. The van der Waals surface area contributed by atoms with Crippen LogP contribution in [0, 0.1) is 5.82 Å². The average Bonchev–Trinajstić information content (AvgIpc) is 3.10. The number of carbonyl (C=O) groups excluding carboxylic acids is 1. The molecule has 0 saturated carbocycles. The Kier molecular flexibility index (Phi) is 5.23. The van der Waals surface area contributed by atoms with Crippen molar-refractivity contribution >= 4 is 11.6 Å². The van der Waals surface area contributed by atoms with Gasteiger partial charge >= 0.3 is 0 Å². The van der Waals surface area contributed by atoms with Crippen LogP contribution in [-0.4, -0.2) is 35.7 Å². The smallest absolute Gasteiger partial charge is 0.254 e. The summed E-state index contributed by atoms with van der Waals surface area (Å²) in [5.41, 5.74) is 2.18. The summed E-state index contributed by atoms with van der Waals surface area (Å²) >= 11 is 0. The Labute approximate surface area is 146 Å². The Morgan fingerprint density at radius 2 is 2.08 bits per heavy atom. The van der Waals surface area contributed by atoms with Crippen LogP contribution in [0.1, 0.15) is 22.3 Å². The molecule has 1 amide bonds. The minimum atomic E-state index is -0.434. The summed E-state index contributed by atoms with van der Waals surface area (Å²) < 4.78 is 13.4. The van der Waals surface area contributed by atoms with Crippen LogP contribution in [0.25, 0.3) is 0 Å². The van der Waals surface area contributed by atoms with Crippen molar-refractivity contribution in [1.82, 2.24) is 4.90 Å². The maximum Gasteiger partial charge on any atom is 0.254 e. The Hall–Kier alpha value is -2.95. The minimum absolute atomic E-state index is 0.229. The van der Waals surface area contributed by atoms with Gasteiger partial charge in [-0.05, 0) is 23.8 Å². The number of amides is 1. The number of halogens is 1. The lowest BCUT2D eigenvalue weighted by atomic mass is 10.0. The van der Waals surface area contributed by atoms with E-state index in [-0.39, 0.29) is 12.0 Å². The molecule has 2 aromatic carbocycles. The van der Waals surface area contributed by atoms with Gasteiger partial charge in [-0.15, -0.1) is 6.58 Å². The molecule has 1 atom stereocenters. The van der Waals surface area contributed by atoms with E-state index < -0.39 is 5.82 Å². The second-order valence-corrected chi connectivity index (χ2v) is 5.84. The van der Waals surface area contributed by atoms with Crippen molar-refractivity contribution in [3.8, 4) is 0 Å². The zero-order chi connectivity index (χ0) is 17.6. The largest absolute Gasteiger partial charge is 0.390 e. The molecule has 1 aliphatic rings. The first-order chi connectivity index (χ1) is 12.2. The minimum Gasteiger partial charge on any atom is -0.390 e. The van der Waals surface area contributed by atoms with Gasteiger partial charge < -0.3 is 9.74 Å².